The zero-order chi connectivity index (χ0) is 10.7. The van der Waals surface area contributed by atoms with Crippen LogP contribution in [0.1, 0.15) is 12.5 Å². The molecule has 74 valence electrons. The van der Waals surface area contributed by atoms with Crippen LogP contribution in [0.5, 0.6) is 0 Å². The summed E-state index contributed by atoms with van der Waals surface area (Å²) in [6.07, 6.45) is 0. The highest BCUT2D eigenvalue weighted by Gasteiger charge is 2.15. The van der Waals surface area contributed by atoms with Crippen LogP contribution in [0.15, 0.2) is 23.4 Å². The van der Waals surface area contributed by atoms with Crippen molar-refractivity contribution in [3.8, 4) is 0 Å². The van der Waals surface area contributed by atoms with E-state index in [2.05, 4.69) is 5.16 Å². The third kappa shape index (κ3) is 1.93. The van der Waals surface area contributed by atoms with Gasteiger partial charge in [0, 0.05) is 18.6 Å². The van der Waals surface area contributed by atoms with Gasteiger partial charge in [0.15, 0.2) is 11.5 Å². The van der Waals surface area contributed by atoms with Crippen LogP contribution in [0, 0.1) is 11.6 Å². The van der Waals surface area contributed by atoms with Crippen molar-refractivity contribution in [2.24, 2.45) is 5.16 Å². The Balaban J connectivity index is 3.25. The molecule has 0 saturated heterocycles. The number of ketones is 1. The average Bonchev–Trinajstić information content (AvgIpc) is 2.09. The summed E-state index contributed by atoms with van der Waals surface area (Å²) in [5.41, 5.74) is -0.649. The van der Waals surface area contributed by atoms with E-state index in [1.54, 1.807) is 0 Å². The van der Waals surface area contributed by atoms with E-state index in [4.69, 9.17) is 5.21 Å². The Kier molecular flexibility index (Phi) is 2.91. The number of hydrogen-bond acceptors (Lipinski definition) is 3. The Morgan fingerprint density at radius 1 is 1.43 bits per heavy atom. The van der Waals surface area contributed by atoms with E-state index in [0.29, 0.717) is 6.07 Å². The number of carbonyl (C=O) groups is 1. The van der Waals surface area contributed by atoms with Gasteiger partial charge in [-0.05, 0) is 12.1 Å². The highest BCUT2D eigenvalue weighted by Crippen LogP contribution is 2.11. The maximum absolute atomic E-state index is 13.1. The lowest BCUT2D eigenvalue weighted by atomic mass is 10.1. The minimum Gasteiger partial charge on any atom is -0.410 e. The molecule has 1 aromatic carbocycles. The zero-order valence-electron chi connectivity index (χ0n) is 7.29. The summed E-state index contributed by atoms with van der Waals surface area (Å²) < 4.78 is 25.6. The Hall–Kier alpha value is -1.78. The lowest BCUT2D eigenvalue weighted by Crippen LogP contribution is -2.13. The van der Waals surface area contributed by atoms with Crippen LogP contribution in [-0.4, -0.2) is 16.7 Å². The highest BCUT2D eigenvalue weighted by atomic mass is 19.1. The van der Waals surface area contributed by atoms with Gasteiger partial charge in [-0.3, -0.25) is 4.79 Å². The van der Waals surface area contributed by atoms with Gasteiger partial charge < -0.3 is 5.21 Å². The molecule has 1 aromatic rings. The molecule has 0 aromatic heterocycles. The molecule has 3 nitrogen and oxygen atoms in total. The van der Waals surface area contributed by atoms with E-state index in [0.717, 1.165) is 19.1 Å². The molecule has 1 rings (SSSR count). The molecular weight excluding hydrogens is 192 g/mol. The van der Waals surface area contributed by atoms with Crippen LogP contribution in [0.2, 0.25) is 0 Å². The molecule has 0 aliphatic heterocycles. The Morgan fingerprint density at radius 3 is 2.50 bits per heavy atom. The fourth-order valence-corrected chi connectivity index (χ4v) is 0.995. The maximum atomic E-state index is 13.1. The van der Waals surface area contributed by atoms with Gasteiger partial charge in [-0.1, -0.05) is 5.16 Å². The second-order valence-corrected chi connectivity index (χ2v) is 2.63. The topological polar surface area (TPSA) is 49.7 Å². The van der Waals surface area contributed by atoms with Gasteiger partial charge in [-0.25, -0.2) is 8.78 Å². The van der Waals surface area contributed by atoms with Gasteiger partial charge >= 0.3 is 0 Å². The first-order valence-electron chi connectivity index (χ1n) is 3.74. The molecule has 0 aliphatic carbocycles. The number of Topliss-reactive ketones (excluding diaryl/α,β-unsaturated/α-hetero) is 1. The number of benzene rings is 1. The van der Waals surface area contributed by atoms with Crippen LogP contribution >= 0.6 is 0 Å². The molecule has 0 unspecified atom stereocenters. The molecule has 0 amide bonds. The number of nitrogens with zero attached hydrogens (tertiary/aromatic N) is 1. The van der Waals surface area contributed by atoms with Crippen LogP contribution in [0.4, 0.5) is 8.78 Å². The summed E-state index contributed by atoms with van der Waals surface area (Å²) in [4.78, 5) is 10.9. The van der Waals surface area contributed by atoms with Gasteiger partial charge in [0.2, 0.25) is 0 Å². The molecule has 14 heavy (non-hydrogen) atoms. The first-order chi connectivity index (χ1) is 6.56. The smallest absolute Gasteiger partial charge is 0.182 e. The van der Waals surface area contributed by atoms with Crippen molar-refractivity contribution in [2.45, 2.75) is 6.92 Å². The lowest BCUT2D eigenvalue weighted by molar-refractivity contribution is -0.111. The lowest BCUT2D eigenvalue weighted by Gasteiger charge is -2.01. The zero-order valence-corrected chi connectivity index (χ0v) is 7.29. The fourth-order valence-electron chi connectivity index (χ4n) is 0.995. The van der Waals surface area contributed by atoms with Crippen LogP contribution in [-0.2, 0) is 4.79 Å². The predicted octanol–water partition coefficient (Wildman–Crippen LogP) is 1.73. The van der Waals surface area contributed by atoms with Crippen molar-refractivity contribution in [1.29, 1.82) is 0 Å². The summed E-state index contributed by atoms with van der Waals surface area (Å²) >= 11 is 0. The van der Waals surface area contributed by atoms with Crippen LogP contribution in [0.25, 0.3) is 0 Å². The van der Waals surface area contributed by atoms with Crippen LogP contribution < -0.4 is 0 Å². The van der Waals surface area contributed by atoms with E-state index in [1.807, 2.05) is 0 Å². The summed E-state index contributed by atoms with van der Waals surface area (Å²) in [6, 6.07) is 2.64. The van der Waals surface area contributed by atoms with Gasteiger partial charge in [0.05, 0.1) is 0 Å². The van der Waals surface area contributed by atoms with Crippen molar-refractivity contribution in [3.05, 3.63) is 35.4 Å². The van der Waals surface area contributed by atoms with Crippen molar-refractivity contribution >= 4 is 11.5 Å². The van der Waals surface area contributed by atoms with E-state index in [9.17, 15) is 13.6 Å². The Labute approximate surface area is 78.7 Å². The first-order valence-corrected chi connectivity index (χ1v) is 3.74. The molecule has 1 N–H and O–H groups in total. The van der Waals surface area contributed by atoms with Gasteiger partial charge in [-0.15, -0.1) is 0 Å². The minimum absolute atomic E-state index is 0.221. The summed E-state index contributed by atoms with van der Waals surface area (Å²) in [7, 11) is 0. The Morgan fingerprint density at radius 2 is 2.07 bits per heavy atom. The van der Waals surface area contributed by atoms with E-state index < -0.39 is 23.1 Å². The fraction of sp³-hybridized carbons (Fsp3) is 0.111. The summed E-state index contributed by atoms with van der Waals surface area (Å²) in [5, 5.41) is 11.1. The summed E-state index contributed by atoms with van der Waals surface area (Å²) in [5.74, 6) is -2.29. The highest BCUT2D eigenvalue weighted by molar-refractivity contribution is 6.45. The minimum atomic E-state index is -0.937. The second-order valence-electron chi connectivity index (χ2n) is 2.63. The summed E-state index contributed by atoms with van der Waals surface area (Å²) in [6.45, 7) is 1.12. The molecule has 0 radical (unpaired) electrons. The molecule has 0 fully saturated rings. The van der Waals surface area contributed by atoms with Crippen LogP contribution in [0.3, 0.4) is 0 Å². The Bertz CT molecular complexity index is 402. The van der Waals surface area contributed by atoms with Gasteiger partial charge in [0.1, 0.15) is 11.6 Å². The normalized spacial score (nSPS) is 11.5. The van der Waals surface area contributed by atoms with Gasteiger partial charge in [0.25, 0.3) is 0 Å². The second kappa shape index (κ2) is 3.95. The number of rotatable bonds is 2. The number of carbonyl (C=O) groups excluding carboxylic acids is 1. The van der Waals surface area contributed by atoms with Crippen molar-refractivity contribution in [2.75, 3.05) is 0 Å². The molecule has 0 spiro atoms. The molecule has 0 atom stereocenters. The maximum Gasteiger partial charge on any atom is 0.182 e. The van der Waals surface area contributed by atoms with Crippen molar-refractivity contribution < 1.29 is 18.8 Å². The third-order valence-corrected chi connectivity index (χ3v) is 1.62. The quantitative estimate of drug-likeness (QED) is 0.448. The number of halogens is 2. The monoisotopic (exact) mass is 199 g/mol. The van der Waals surface area contributed by atoms with E-state index >= 15 is 0 Å². The predicted molar refractivity (Wildman–Crippen MR) is 45.4 cm³/mol. The molecular formula is C9H7F2NO2. The molecule has 0 heterocycles. The largest absolute Gasteiger partial charge is 0.410 e. The van der Waals surface area contributed by atoms with E-state index in [1.165, 1.54) is 0 Å². The third-order valence-electron chi connectivity index (χ3n) is 1.62. The SMILES string of the molecule is CC(=O)C(=NO)c1ccc(F)cc1F. The average molecular weight is 199 g/mol. The van der Waals surface area contributed by atoms with Crippen molar-refractivity contribution in [1.82, 2.24) is 0 Å². The van der Waals surface area contributed by atoms with Gasteiger partial charge in [-0.2, -0.15) is 0 Å². The van der Waals surface area contributed by atoms with Crippen molar-refractivity contribution in [3.63, 3.8) is 0 Å². The first kappa shape index (κ1) is 10.3. The number of hydrogen-bond donors (Lipinski definition) is 1. The molecule has 0 saturated carbocycles. The molecule has 0 bridgehead atoms. The standard InChI is InChI=1S/C9H7F2NO2/c1-5(13)9(12-14)7-3-2-6(10)4-8(7)11/h2-4,14H,1H3. The number of oxime groups is 1. The molecule has 5 heteroatoms. The van der Waals surface area contributed by atoms with E-state index in [-0.39, 0.29) is 5.56 Å². The molecule has 0 aliphatic rings.